The van der Waals surface area contributed by atoms with Crippen LogP contribution in [0.5, 0.6) is 0 Å². The Labute approximate surface area is 114 Å². The van der Waals surface area contributed by atoms with Gasteiger partial charge in [0.1, 0.15) is 0 Å². The lowest BCUT2D eigenvalue weighted by atomic mass is 9.94. The zero-order chi connectivity index (χ0) is 13.1. The highest BCUT2D eigenvalue weighted by atomic mass is 32.2. The first-order valence-electron chi connectivity index (χ1n) is 7.46. The number of hydrogen-bond donors (Lipinski definition) is 1. The van der Waals surface area contributed by atoms with Crippen LogP contribution in [-0.2, 0) is 10.8 Å². The highest BCUT2D eigenvalue weighted by molar-refractivity contribution is 7.85. The summed E-state index contributed by atoms with van der Waals surface area (Å²) < 4.78 is 11.5. The van der Waals surface area contributed by atoms with Crippen LogP contribution < -0.4 is 5.32 Å². The van der Waals surface area contributed by atoms with Crippen molar-refractivity contribution in [3.8, 4) is 0 Å². The van der Waals surface area contributed by atoms with Crippen molar-refractivity contribution in [1.82, 2.24) is 10.2 Å². The molecule has 0 saturated carbocycles. The molecule has 2 rings (SSSR count). The molecule has 2 aliphatic heterocycles. The predicted molar refractivity (Wildman–Crippen MR) is 78.3 cm³/mol. The van der Waals surface area contributed by atoms with E-state index < -0.39 is 10.8 Å². The number of nitrogens with one attached hydrogen (secondary N) is 1. The molecule has 0 radical (unpaired) electrons. The average molecular weight is 272 g/mol. The topological polar surface area (TPSA) is 32.3 Å². The molecule has 0 aliphatic carbocycles. The van der Waals surface area contributed by atoms with E-state index in [0.717, 1.165) is 36.8 Å². The van der Waals surface area contributed by atoms with Gasteiger partial charge in [-0.05, 0) is 25.7 Å². The Morgan fingerprint density at radius 1 is 1.39 bits per heavy atom. The predicted octanol–water partition coefficient (Wildman–Crippen LogP) is 1.61. The van der Waals surface area contributed by atoms with Crippen LogP contribution >= 0.6 is 0 Å². The summed E-state index contributed by atoms with van der Waals surface area (Å²) in [7, 11) is -0.538. The maximum absolute atomic E-state index is 11.5. The van der Waals surface area contributed by atoms with Gasteiger partial charge in [-0.1, -0.05) is 20.3 Å². The van der Waals surface area contributed by atoms with Crippen molar-refractivity contribution in [1.29, 1.82) is 0 Å². The van der Waals surface area contributed by atoms with E-state index in [1.807, 2.05) is 0 Å². The van der Waals surface area contributed by atoms with E-state index in [1.54, 1.807) is 0 Å². The molecule has 0 bridgehead atoms. The van der Waals surface area contributed by atoms with Gasteiger partial charge in [0.15, 0.2) is 0 Å². The fourth-order valence-electron chi connectivity index (χ4n) is 3.20. The van der Waals surface area contributed by atoms with E-state index in [2.05, 4.69) is 31.0 Å². The molecule has 0 aromatic carbocycles. The molecule has 2 heterocycles. The third-order valence-corrected chi connectivity index (χ3v) is 6.19. The Kier molecular flexibility index (Phi) is 5.22. The molecule has 0 amide bonds. The van der Waals surface area contributed by atoms with E-state index in [1.165, 1.54) is 13.0 Å². The Hall–Kier alpha value is 0.0700. The Morgan fingerprint density at radius 3 is 2.67 bits per heavy atom. The standard InChI is InChI=1S/C14H28N2OS/c1-4-11(2)14-10-16(12(3)9-15-14)13-5-7-18(17)8-6-13/h11-15H,4-10H2,1-3H3. The molecule has 106 valence electrons. The fraction of sp³-hybridized carbons (Fsp3) is 1.00. The van der Waals surface area contributed by atoms with Crippen LogP contribution in [-0.4, -0.2) is 51.8 Å². The van der Waals surface area contributed by atoms with E-state index in [9.17, 15) is 4.21 Å². The van der Waals surface area contributed by atoms with Gasteiger partial charge in [-0.3, -0.25) is 9.11 Å². The molecule has 1 N–H and O–H groups in total. The van der Waals surface area contributed by atoms with Crippen LogP contribution in [0.4, 0.5) is 0 Å². The molecule has 0 spiro atoms. The summed E-state index contributed by atoms with van der Waals surface area (Å²) >= 11 is 0. The highest BCUT2D eigenvalue weighted by Gasteiger charge is 2.33. The summed E-state index contributed by atoms with van der Waals surface area (Å²) in [5.74, 6) is 2.57. The fourth-order valence-corrected chi connectivity index (χ4v) is 4.47. The molecule has 0 aromatic heterocycles. The lowest BCUT2D eigenvalue weighted by molar-refractivity contribution is 0.0703. The molecule has 3 nitrogen and oxygen atoms in total. The van der Waals surface area contributed by atoms with Gasteiger partial charge in [0, 0.05) is 53.5 Å². The van der Waals surface area contributed by atoms with E-state index in [0.29, 0.717) is 18.1 Å². The number of nitrogens with zero attached hydrogens (tertiary/aromatic N) is 1. The second-order valence-corrected chi connectivity index (χ2v) is 7.72. The van der Waals surface area contributed by atoms with Gasteiger partial charge in [-0.25, -0.2) is 0 Å². The summed E-state index contributed by atoms with van der Waals surface area (Å²) in [6.07, 6.45) is 3.50. The summed E-state index contributed by atoms with van der Waals surface area (Å²) in [5, 5.41) is 3.70. The van der Waals surface area contributed by atoms with Gasteiger partial charge in [0.2, 0.25) is 0 Å². The Bertz CT molecular complexity index is 288. The molecular weight excluding hydrogens is 244 g/mol. The minimum absolute atomic E-state index is 0.538. The summed E-state index contributed by atoms with van der Waals surface area (Å²) in [5.41, 5.74) is 0. The average Bonchev–Trinajstić information content (AvgIpc) is 2.39. The van der Waals surface area contributed by atoms with Crippen LogP contribution in [0.25, 0.3) is 0 Å². The van der Waals surface area contributed by atoms with Gasteiger partial charge in [0.25, 0.3) is 0 Å². The second-order valence-electron chi connectivity index (χ2n) is 6.03. The quantitative estimate of drug-likeness (QED) is 0.847. The maximum atomic E-state index is 11.5. The molecule has 2 saturated heterocycles. The van der Waals surface area contributed by atoms with Gasteiger partial charge in [-0.2, -0.15) is 0 Å². The lowest BCUT2D eigenvalue weighted by Crippen LogP contribution is -2.60. The third kappa shape index (κ3) is 3.34. The van der Waals surface area contributed by atoms with Crippen molar-refractivity contribution in [2.75, 3.05) is 24.6 Å². The minimum Gasteiger partial charge on any atom is -0.311 e. The van der Waals surface area contributed by atoms with Crippen LogP contribution in [0.15, 0.2) is 0 Å². The second kappa shape index (κ2) is 6.49. The van der Waals surface area contributed by atoms with E-state index in [4.69, 9.17) is 0 Å². The Morgan fingerprint density at radius 2 is 2.06 bits per heavy atom. The van der Waals surface area contributed by atoms with Crippen LogP contribution in [0, 0.1) is 5.92 Å². The zero-order valence-corrected chi connectivity index (χ0v) is 12.8. The normalized spacial score (nSPS) is 40.6. The number of piperazine rings is 1. The lowest BCUT2D eigenvalue weighted by Gasteiger charge is -2.46. The molecule has 2 aliphatic rings. The van der Waals surface area contributed by atoms with Crippen molar-refractivity contribution < 1.29 is 4.21 Å². The molecule has 18 heavy (non-hydrogen) atoms. The smallest absolute Gasteiger partial charge is 0.0249 e. The van der Waals surface area contributed by atoms with Gasteiger partial charge >= 0.3 is 0 Å². The van der Waals surface area contributed by atoms with Crippen molar-refractivity contribution in [3.05, 3.63) is 0 Å². The maximum Gasteiger partial charge on any atom is 0.0249 e. The van der Waals surface area contributed by atoms with Crippen molar-refractivity contribution in [3.63, 3.8) is 0 Å². The number of hydrogen-bond acceptors (Lipinski definition) is 3. The van der Waals surface area contributed by atoms with Gasteiger partial charge < -0.3 is 5.32 Å². The highest BCUT2D eigenvalue weighted by Crippen LogP contribution is 2.23. The molecule has 3 unspecified atom stereocenters. The van der Waals surface area contributed by atoms with Crippen LogP contribution in [0.1, 0.15) is 40.0 Å². The third-order valence-electron chi connectivity index (χ3n) is 4.81. The summed E-state index contributed by atoms with van der Waals surface area (Å²) in [6, 6.07) is 1.94. The van der Waals surface area contributed by atoms with E-state index >= 15 is 0 Å². The minimum atomic E-state index is -0.538. The summed E-state index contributed by atoms with van der Waals surface area (Å²) in [6.45, 7) is 9.23. The summed E-state index contributed by atoms with van der Waals surface area (Å²) in [4.78, 5) is 2.68. The first-order chi connectivity index (χ1) is 8.61. The first kappa shape index (κ1) is 14.5. The van der Waals surface area contributed by atoms with Crippen LogP contribution in [0.2, 0.25) is 0 Å². The molecule has 2 fully saturated rings. The van der Waals surface area contributed by atoms with Crippen molar-refractivity contribution >= 4 is 10.8 Å². The van der Waals surface area contributed by atoms with Gasteiger partial charge in [0.05, 0.1) is 0 Å². The van der Waals surface area contributed by atoms with Crippen molar-refractivity contribution in [2.24, 2.45) is 5.92 Å². The van der Waals surface area contributed by atoms with Crippen molar-refractivity contribution in [2.45, 2.75) is 58.2 Å². The Balaban J connectivity index is 1.94. The molecule has 4 heteroatoms. The zero-order valence-electron chi connectivity index (χ0n) is 12.0. The molecule has 3 atom stereocenters. The SMILES string of the molecule is CCC(C)C1CN(C2CCS(=O)CC2)C(C)CN1. The van der Waals surface area contributed by atoms with E-state index in [-0.39, 0.29) is 0 Å². The monoisotopic (exact) mass is 272 g/mol. The van der Waals surface area contributed by atoms with Crippen LogP contribution in [0.3, 0.4) is 0 Å². The number of rotatable bonds is 3. The van der Waals surface area contributed by atoms with Gasteiger partial charge in [-0.15, -0.1) is 0 Å². The molecule has 0 aromatic rings. The largest absolute Gasteiger partial charge is 0.311 e. The first-order valence-corrected chi connectivity index (χ1v) is 8.94. The molecular formula is C14H28N2OS.